The van der Waals surface area contributed by atoms with E-state index in [1.807, 2.05) is 37.3 Å². The Morgan fingerprint density at radius 1 is 1.33 bits per heavy atom. The number of ether oxygens (including phenoxy) is 2. The molecule has 9 heteroatoms. The molecule has 3 aliphatic rings. The number of aryl methyl sites for hydroxylation is 1. The number of rotatable bonds is 4. The minimum absolute atomic E-state index is 0.0498. The summed E-state index contributed by atoms with van der Waals surface area (Å²) in [6.07, 6.45) is 8.87. The molecule has 5 atom stereocenters. The topological polar surface area (TPSA) is 90.1 Å². The largest absolute Gasteiger partial charge is 0.469 e. The summed E-state index contributed by atoms with van der Waals surface area (Å²) in [6, 6.07) is 2.13. The van der Waals surface area contributed by atoms with Gasteiger partial charge >= 0.3 is 0 Å². The number of hydrogen-bond donors (Lipinski definition) is 0. The minimum Gasteiger partial charge on any atom is -0.469 e. The number of epoxide rings is 1. The first-order valence-corrected chi connectivity index (χ1v) is 10.4. The summed E-state index contributed by atoms with van der Waals surface area (Å²) in [5.41, 5.74) is 2.14. The van der Waals surface area contributed by atoms with E-state index < -0.39 is 0 Å². The molecule has 3 fully saturated rings. The lowest BCUT2D eigenvalue weighted by molar-refractivity contribution is -0.143. The minimum atomic E-state index is -0.360. The van der Waals surface area contributed by atoms with Gasteiger partial charge < -0.3 is 14.4 Å². The molecular formula is C21H24N6O3. The molecule has 0 bridgehead atoms. The molecule has 0 N–H and O–H groups in total. The van der Waals surface area contributed by atoms with Crippen LogP contribution in [0.3, 0.4) is 0 Å². The first-order valence-electron chi connectivity index (χ1n) is 10.4. The van der Waals surface area contributed by atoms with Gasteiger partial charge in [-0.05, 0) is 26.3 Å². The van der Waals surface area contributed by atoms with Crippen LogP contribution in [0, 0.1) is 5.92 Å². The molecule has 1 saturated carbocycles. The third-order valence-corrected chi connectivity index (χ3v) is 6.87. The van der Waals surface area contributed by atoms with Crippen LogP contribution >= 0.6 is 0 Å². The van der Waals surface area contributed by atoms with Gasteiger partial charge in [0, 0.05) is 43.7 Å². The van der Waals surface area contributed by atoms with Crippen LogP contribution in [0.5, 0.6) is 5.88 Å². The lowest BCUT2D eigenvalue weighted by Gasteiger charge is -2.51. The molecule has 9 nitrogen and oxygen atoms in total. The van der Waals surface area contributed by atoms with Crippen LogP contribution in [0.4, 0.5) is 0 Å². The number of aromatic nitrogens is 5. The van der Waals surface area contributed by atoms with E-state index in [2.05, 4.69) is 17.1 Å². The normalized spacial score (nSPS) is 32.2. The standard InChI is InChI=1S/C21H24N6O3/c1-12-18(29-12)20(28)26-7-5-14-17(26)8-21(14,2)30-19-16-4-6-22-27(16)11-15(24-19)13-9-23-25(3)10-13/h4,6,9-12,14,17-18H,5,7-8H2,1-3H3/t12-,14-,17-,18+,21-/m1/s1. The van der Waals surface area contributed by atoms with Crippen LogP contribution in [0.15, 0.2) is 30.9 Å². The van der Waals surface area contributed by atoms with Crippen LogP contribution in [0.2, 0.25) is 0 Å². The summed E-state index contributed by atoms with van der Waals surface area (Å²) in [5, 5.41) is 8.63. The second kappa shape index (κ2) is 6.04. The number of hydrogen-bond acceptors (Lipinski definition) is 6. The van der Waals surface area contributed by atoms with Crippen molar-refractivity contribution in [2.45, 2.75) is 50.5 Å². The smallest absolute Gasteiger partial charge is 0.254 e. The van der Waals surface area contributed by atoms with Crippen LogP contribution in [0.1, 0.15) is 26.7 Å². The number of likely N-dealkylation sites (tertiary alicyclic amines) is 1. The maximum atomic E-state index is 12.6. The van der Waals surface area contributed by atoms with Crippen molar-refractivity contribution in [1.29, 1.82) is 0 Å². The summed E-state index contributed by atoms with van der Waals surface area (Å²) >= 11 is 0. The van der Waals surface area contributed by atoms with Gasteiger partial charge in [0.1, 0.15) is 11.1 Å². The summed E-state index contributed by atoms with van der Waals surface area (Å²) in [7, 11) is 1.88. The monoisotopic (exact) mass is 408 g/mol. The Morgan fingerprint density at radius 2 is 2.17 bits per heavy atom. The molecule has 0 spiro atoms. The summed E-state index contributed by atoms with van der Waals surface area (Å²) in [5.74, 6) is 0.994. The fourth-order valence-corrected chi connectivity index (χ4v) is 5.11. The molecule has 3 aromatic heterocycles. The first kappa shape index (κ1) is 17.9. The molecule has 3 aromatic rings. The highest BCUT2D eigenvalue weighted by Crippen LogP contribution is 2.51. The maximum Gasteiger partial charge on any atom is 0.254 e. The number of nitrogens with zero attached hydrogens (tertiary/aromatic N) is 6. The second-order valence-corrected chi connectivity index (χ2v) is 8.87. The number of carbonyl (C=O) groups is 1. The Bertz CT molecular complexity index is 1150. The zero-order chi connectivity index (χ0) is 20.6. The van der Waals surface area contributed by atoms with Gasteiger partial charge in [0.15, 0.2) is 6.10 Å². The van der Waals surface area contributed by atoms with Crippen molar-refractivity contribution in [2.24, 2.45) is 13.0 Å². The highest BCUT2D eigenvalue weighted by molar-refractivity contribution is 5.84. The molecule has 1 aliphatic carbocycles. The van der Waals surface area contributed by atoms with Crippen molar-refractivity contribution in [3.8, 4) is 17.1 Å². The van der Waals surface area contributed by atoms with Crippen molar-refractivity contribution in [2.75, 3.05) is 6.54 Å². The van der Waals surface area contributed by atoms with Gasteiger partial charge in [-0.25, -0.2) is 9.50 Å². The average Bonchev–Trinajstić information content (AvgIpc) is 3.10. The molecule has 0 aromatic carbocycles. The van der Waals surface area contributed by atoms with Crippen molar-refractivity contribution in [1.82, 2.24) is 29.3 Å². The highest BCUT2D eigenvalue weighted by atomic mass is 16.6. The average molecular weight is 408 g/mol. The van der Waals surface area contributed by atoms with Crippen LogP contribution in [-0.2, 0) is 16.6 Å². The van der Waals surface area contributed by atoms with Crippen LogP contribution < -0.4 is 4.74 Å². The molecular weight excluding hydrogens is 384 g/mol. The summed E-state index contributed by atoms with van der Waals surface area (Å²) in [6.45, 7) is 4.84. The van der Waals surface area contributed by atoms with Gasteiger partial charge in [-0.2, -0.15) is 10.2 Å². The molecule has 156 valence electrons. The Labute approximate surface area is 173 Å². The Hall–Kier alpha value is -2.94. The van der Waals surface area contributed by atoms with Gasteiger partial charge in [-0.3, -0.25) is 9.48 Å². The SMILES string of the molecule is C[C@H]1O[C@@H]1C(=O)N1CC[C@@H]2[C@H]1C[C@@]2(C)Oc1nc(-c2cnn(C)c2)cn2nccc12. The third kappa shape index (κ3) is 2.57. The fraction of sp³-hybridized carbons (Fsp3) is 0.524. The summed E-state index contributed by atoms with van der Waals surface area (Å²) < 4.78 is 15.5. The molecule has 0 unspecified atom stereocenters. The van der Waals surface area contributed by atoms with E-state index in [9.17, 15) is 4.79 Å². The maximum absolute atomic E-state index is 12.6. The Balaban J connectivity index is 1.27. The summed E-state index contributed by atoms with van der Waals surface area (Å²) in [4.78, 5) is 19.5. The van der Waals surface area contributed by atoms with Crippen LogP contribution in [0.25, 0.3) is 16.8 Å². The van der Waals surface area contributed by atoms with E-state index in [4.69, 9.17) is 14.5 Å². The Kier molecular flexibility index (Phi) is 3.60. The predicted octanol–water partition coefficient (Wildman–Crippen LogP) is 1.68. The number of carbonyl (C=O) groups excluding carboxylic acids is 1. The molecule has 6 rings (SSSR count). The van der Waals surface area contributed by atoms with E-state index in [1.165, 1.54) is 0 Å². The third-order valence-electron chi connectivity index (χ3n) is 6.87. The van der Waals surface area contributed by atoms with Crippen molar-refractivity contribution in [3.05, 3.63) is 30.9 Å². The molecule has 0 radical (unpaired) electrons. The van der Waals surface area contributed by atoms with Gasteiger partial charge in [0.25, 0.3) is 5.91 Å². The molecule has 30 heavy (non-hydrogen) atoms. The first-order chi connectivity index (χ1) is 14.4. The van der Waals surface area contributed by atoms with Gasteiger partial charge in [0.2, 0.25) is 5.88 Å². The lowest BCUT2D eigenvalue weighted by atomic mass is 9.66. The van der Waals surface area contributed by atoms with Crippen LogP contribution in [-0.4, -0.2) is 65.6 Å². The zero-order valence-corrected chi connectivity index (χ0v) is 17.2. The van der Waals surface area contributed by atoms with Gasteiger partial charge in [-0.1, -0.05) is 0 Å². The fourth-order valence-electron chi connectivity index (χ4n) is 5.11. The molecule has 5 heterocycles. The van der Waals surface area contributed by atoms with Crippen molar-refractivity contribution in [3.63, 3.8) is 0 Å². The second-order valence-electron chi connectivity index (χ2n) is 8.87. The Morgan fingerprint density at radius 3 is 2.90 bits per heavy atom. The molecule has 2 aliphatic heterocycles. The van der Waals surface area contributed by atoms with E-state index >= 15 is 0 Å². The van der Waals surface area contributed by atoms with E-state index in [0.29, 0.717) is 11.8 Å². The molecule has 2 saturated heterocycles. The zero-order valence-electron chi connectivity index (χ0n) is 17.2. The van der Waals surface area contributed by atoms with E-state index in [1.54, 1.807) is 21.6 Å². The lowest BCUT2D eigenvalue weighted by Crippen LogP contribution is -2.61. The van der Waals surface area contributed by atoms with E-state index in [-0.39, 0.29) is 29.8 Å². The number of fused-ring (bicyclic) bond motifs is 2. The highest BCUT2D eigenvalue weighted by Gasteiger charge is 2.61. The van der Waals surface area contributed by atoms with Crippen molar-refractivity contribution < 1.29 is 14.3 Å². The van der Waals surface area contributed by atoms with E-state index in [0.717, 1.165) is 36.2 Å². The van der Waals surface area contributed by atoms with Crippen molar-refractivity contribution >= 4 is 11.4 Å². The quantitative estimate of drug-likeness (QED) is 0.610. The van der Waals surface area contributed by atoms with Gasteiger partial charge in [0.05, 0.1) is 30.4 Å². The predicted molar refractivity (Wildman–Crippen MR) is 107 cm³/mol. The molecule has 1 amide bonds. The number of amides is 1. The van der Waals surface area contributed by atoms with Gasteiger partial charge in [-0.15, -0.1) is 0 Å².